The second-order valence-corrected chi connectivity index (χ2v) is 6.37. The highest BCUT2D eigenvalue weighted by Crippen LogP contribution is 2.22. The molecule has 0 amide bonds. The van der Waals surface area contributed by atoms with Gasteiger partial charge in [-0.25, -0.2) is 12.7 Å². The lowest BCUT2D eigenvalue weighted by Crippen LogP contribution is -2.51. The first-order valence-corrected chi connectivity index (χ1v) is 6.71. The Hall–Kier alpha value is -0.130. The molecule has 0 saturated carbocycles. The normalized spacial score (nSPS) is 23.6. The molecule has 0 bridgehead atoms. The molecular formula is C9H20N2O2S. The molecule has 1 aliphatic heterocycles. The second-order valence-electron chi connectivity index (χ2n) is 4.11. The maximum Gasteiger partial charge on any atom is 0.213 e. The Morgan fingerprint density at radius 2 is 1.86 bits per heavy atom. The minimum absolute atomic E-state index is 0.111. The Morgan fingerprint density at radius 3 is 2.21 bits per heavy atom. The van der Waals surface area contributed by atoms with Gasteiger partial charge in [-0.05, 0) is 33.7 Å². The van der Waals surface area contributed by atoms with Crippen LogP contribution in [0.3, 0.4) is 0 Å². The largest absolute Gasteiger partial charge is 0.314 e. The molecule has 0 unspecified atom stereocenters. The molecule has 84 valence electrons. The average Bonchev–Trinajstić information content (AvgIpc) is 2.19. The third-order valence-corrected chi connectivity index (χ3v) is 5.07. The van der Waals surface area contributed by atoms with Crippen LogP contribution in [0.5, 0.6) is 0 Å². The molecule has 0 aromatic carbocycles. The molecule has 0 aromatic heterocycles. The highest BCUT2D eigenvalue weighted by Gasteiger charge is 2.32. The van der Waals surface area contributed by atoms with Gasteiger partial charge in [0.05, 0.1) is 5.75 Å². The van der Waals surface area contributed by atoms with Gasteiger partial charge in [0, 0.05) is 18.6 Å². The molecule has 0 radical (unpaired) electrons. The van der Waals surface area contributed by atoms with Crippen LogP contribution >= 0.6 is 0 Å². The second kappa shape index (κ2) is 4.16. The smallest absolute Gasteiger partial charge is 0.213 e. The maximum atomic E-state index is 11.6. The minimum atomic E-state index is -2.97. The van der Waals surface area contributed by atoms with Gasteiger partial charge in [-0.2, -0.15) is 0 Å². The summed E-state index contributed by atoms with van der Waals surface area (Å²) in [4.78, 5) is 0. The molecule has 0 aliphatic carbocycles. The van der Waals surface area contributed by atoms with E-state index in [9.17, 15) is 8.42 Å². The molecule has 1 fully saturated rings. The number of sulfonamides is 1. The van der Waals surface area contributed by atoms with Crippen LogP contribution in [0, 0.1) is 0 Å². The lowest BCUT2D eigenvalue weighted by atomic mass is 9.91. The van der Waals surface area contributed by atoms with Gasteiger partial charge >= 0.3 is 0 Å². The van der Waals surface area contributed by atoms with Gasteiger partial charge in [-0.15, -0.1) is 0 Å². The molecule has 1 heterocycles. The number of piperidine rings is 1. The summed E-state index contributed by atoms with van der Waals surface area (Å²) in [5.74, 6) is 0.212. The van der Waals surface area contributed by atoms with Crippen LogP contribution in [0.4, 0.5) is 0 Å². The SMILES string of the molecule is CCS(=O)(=O)N1CCC(C)(NC)CC1. The zero-order valence-corrected chi connectivity index (χ0v) is 10.0. The molecule has 0 atom stereocenters. The van der Waals surface area contributed by atoms with Crippen LogP contribution < -0.4 is 5.32 Å². The fraction of sp³-hybridized carbons (Fsp3) is 1.00. The van der Waals surface area contributed by atoms with Crippen molar-refractivity contribution >= 4 is 10.0 Å². The Kier molecular flexibility index (Phi) is 3.55. The van der Waals surface area contributed by atoms with Crippen molar-refractivity contribution < 1.29 is 8.42 Å². The minimum Gasteiger partial charge on any atom is -0.314 e. The maximum absolute atomic E-state index is 11.6. The van der Waals surface area contributed by atoms with E-state index in [1.807, 2.05) is 7.05 Å². The van der Waals surface area contributed by atoms with E-state index in [1.165, 1.54) is 0 Å². The first kappa shape index (κ1) is 11.9. The van der Waals surface area contributed by atoms with Crippen LogP contribution in [0.25, 0.3) is 0 Å². The summed E-state index contributed by atoms with van der Waals surface area (Å²) >= 11 is 0. The summed E-state index contributed by atoms with van der Waals surface area (Å²) in [6.07, 6.45) is 1.78. The molecule has 14 heavy (non-hydrogen) atoms. The Balaban J connectivity index is 2.60. The van der Waals surface area contributed by atoms with E-state index in [4.69, 9.17) is 0 Å². The van der Waals surface area contributed by atoms with Crippen molar-refractivity contribution in [1.29, 1.82) is 0 Å². The molecular weight excluding hydrogens is 200 g/mol. The monoisotopic (exact) mass is 220 g/mol. The van der Waals surface area contributed by atoms with Crippen LogP contribution in [0.2, 0.25) is 0 Å². The fourth-order valence-electron chi connectivity index (χ4n) is 1.69. The van der Waals surface area contributed by atoms with Crippen molar-refractivity contribution in [3.8, 4) is 0 Å². The van der Waals surface area contributed by atoms with Gasteiger partial charge in [0.2, 0.25) is 10.0 Å². The third kappa shape index (κ3) is 2.46. The lowest BCUT2D eigenvalue weighted by molar-refractivity contribution is 0.220. The molecule has 1 rings (SSSR count). The zero-order chi connectivity index (χ0) is 10.8. The first-order valence-electron chi connectivity index (χ1n) is 5.10. The number of rotatable bonds is 3. The molecule has 1 aliphatic rings. The van der Waals surface area contributed by atoms with E-state index in [-0.39, 0.29) is 11.3 Å². The van der Waals surface area contributed by atoms with Gasteiger partial charge in [0.1, 0.15) is 0 Å². The average molecular weight is 220 g/mol. The summed E-state index contributed by atoms with van der Waals surface area (Å²) in [7, 11) is -1.04. The molecule has 0 aromatic rings. The highest BCUT2D eigenvalue weighted by atomic mass is 32.2. The standard InChI is InChI=1S/C9H20N2O2S/c1-4-14(12,13)11-7-5-9(2,10-3)6-8-11/h10H,4-8H2,1-3H3. The van der Waals surface area contributed by atoms with Gasteiger partial charge in [-0.3, -0.25) is 0 Å². The molecule has 1 N–H and O–H groups in total. The van der Waals surface area contributed by atoms with Crippen molar-refractivity contribution in [1.82, 2.24) is 9.62 Å². The molecule has 0 spiro atoms. The summed E-state index contributed by atoms with van der Waals surface area (Å²) in [6, 6.07) is 0. The van der Waals surface area contributed by atoms with E-state index >= 15 is 0 Å². The highest BCUT2D eigenvalue weighted by molar-refractivity contribution is 7.89. The quantitative estimate of drug-likeness (QED) is 0.749. The van der Waals surface area contributed by atoms with Gasteiger partial charge in [0.25, 0.3) is 0 Å². The molecule has 4 nitrogen and oxygen atoms in total. The van der Waals surface area contributed by atoms with Gasteiger partial charge in [-0.1, -0.05) is 0 Å². The summed E-state index contributed by atoms with van der Waals surface area (Å²) in [5, 5.41) is 3.25. The third-order valence-electron chi connectivity index (χ3n) is 3.19. The van der Waals surface area contributed by atoms with E-state index in [2.05, 4.69) is 12.2 Å². The van der Waals surface area contributed by atoms with Gasteiger partial charge < -0.3 is 5.32 Å². The van der Waals surface area contributed by atoms with Crippen LogP contribution in [0.15, 0.2) is 0 Å². The van der Waals surface area contributed by atoms with E-state index in [0.29, 0.717) is 13.1 Å². The van der Waals surface area contributed by atoms with E-state index in [0.717, 1.165) is 12.8 Å². The van der Waals surface area contributed by atoms with Crippen molar-refractivity contribution in [3.63, 3.8) is 0 Å². The number of hydrogen-bond donors (Lipinski definition) is 1. The molecule has 5 heteroatoms. The summed E-state index contributed by atoms with van der Waals surface area (Å²) < 4.78 is 24.7. The Labute approximate surface area is 86.7 Å². The van der Waals surface area contributed by atoms with Crippen LogP contribution in [0.1, 0.15) is 26.7 Å². The fourth-order valence-corrected chi connectivity index (χ4v) is 2.79. The molecule has 1 saturated heterocycles. The summed E-state index contributed by atoms with van der Waals surface area (Å²) in [5.41, 5.74) is 0.111. The number of nitrogens with one attached hydrogen (secondary N) is 1. The zero-order valence-electron chi connectivity index (χ0n) is 9.21. The van der Waals surface area contributed by atoms with Crippen molar-refractivity contribution in [2.45, 2.75) is 32.2 Å². The van der Waals surface area contributed by atoms with Crippen LogP contribution in [-0.4, -0.2) is 44.2 Å². The predicted molar refractivity (Wildman–Crippen MR) is 57.7 cm³/mol. The number of nitrogens with zero attached hydrogens (tertiary/aromatic N) is 1. The van der Waals surface area contributed by atoms with E-state index < -0.39 is 10.0 Å². The van der Waals surface area contributed by atoms with Crippen LogP contribution in [-0.2, 0) is 10.0 Å². The van der Waals surface area contributed by atoms with Gasteiger partial charge in [0.15, 0.2) is 0 Å². The topological polar surface area (TPSA) is 49.4 Å². The first-order chi connectivity index (χ1) is 6.43. The number of hydrogen-bond acceptors (Lipinski definition) is 3. The van der Waals surface area contributed by atoms with E-state index in [1.54, 1.807) is 11.2 Å². The van der Waals surface area contributed by atoms with Crippen molar-refractivity contribution in [2.24, 2.45) is 0 Å². The van der Waals surface area contributed by atoms with Crippen molar-refractivity contribution in [3.05, 3.63) is 0 Å². The Bertz CT molecular complexity index is 279. The lowest BCUT2D eigenvalue weighted by Gasteiger charge is -2.38. The summed E-state index contributed by atoms with van der Waals surface area (Å²) in [6.45, 7) is 5.13. The Morgan fingerprint density at radius 1 is 1.36 bits per heavy atom. The van der Waals surface area contributed by atoms with Crippen molar-refractivity contribution in [2.75, 3.05) is 25.9 Å². The predicted octanol–water partition coefficient (Wildman–Crippen LogP) is 0.410.